The van der Waals surface area contributed by atoms with Crippen LogP contribution in [0.3, 0.4) is 0 Å². The zero-order valence-corrected chi connectivity index (χ0v) is 15.6. The normalized spacial score (nSPS) is 23.7. The Morgan fingerprint density at radius 2 is 1.93 bits per heavy atom. The van der Waals surface area contributed by atoms with Gasteiger partial charge in [0.25, 0.3) is 0 Å². The first-order chi connectivity index (χ1) is 13.2. The zero-order valence-electron chi connectivity index (χ0n) is 15.6. The molecule has 27 heavy (non-hydrogen) atoms. The molecule has 2 fully saturated rings. The fraction of sp³-hybridized carbons (Fsp3) is 0.500. The highest BCUT2D eigenvalue weighted by Gasteiger charge is 2.35. The molecular formula is C20H26N4O3. The van der Waals surface area contributed by atoms with Gasteiger partial charge in [-0.2, -0.15) is 0 Å². The number of carbonyl (C=O) groups is 2. The maximum atomic E-state index is 12.8. The third-order valence-corrected chi connectivity index (χ3v) is 5.72. The van der Waals surface area contributed by atoms with Crippen molar-refractivity contribution in [2.24, 2.45) is 5.92 Å². The summed E-state index contributed by atoms with van der Waals surface area (Å²) in [7, 11) is 1.42. The van der Waals surface area contributed by atoms with Crippen molar-refractivity contribution in [2.75, 3.05) is 20.2 Å². The van der Waals surface area contributed by atoms with Crippen LogP contribution in [0.1, 0.15) is 19.3 Å². The lowest BCUT2D eigenvalue weighted by Crippen LogP contribution is -2.49. The van der Waals surface area contributed by atoms with Gasteiger partial charge in [-0.3, -0.25) is 15.0 Å². The van der Waals surface area contributed by atoms with Crippen molar-refractivity contribution in [2.45, 2.75) is 37.9 Å². The van der Waals surface area contributed by atoms with Crippen molar-refractivity contribution < 1.29 is 14.3 Å². The maximum Gasteiger partial charge on any atom is 0.308 e. The first-order valence-corrected chi connectivity index (χ1v) is 9.57. The Hall–Kier alpha value is -2.38. The number of carbonyl (C=O) groups excluding carboxylic acids is 2. The number of esters is 1. The molecule has 2 aromatic rings. The van der Waals surface area contributed by atoms with E-state index < -0.39 is 0 Å². The van der Waals surface area contributed by atoms with Gasteiger partial charge in [0.1, 0.15) is 6.04 Å². The Kier molecular flexibility index (Phi) is 5.13. The van der Waals surface area contributed by atoms with Crippen molar-refractivity contribution >= 4 is 22.8 Å². The first kappa shape index (κ1) is 18.0. The molecule has 2 unspecified atom stereocenters. The number of hydrogen-bond acceptors (Lipinski definition) is 5. The number of hydrogen-bond donors (Lipinski definition) is 2. The van der Waals surface area contributed by atoms with Gasteiger partial charge < -0.3 is 14.2 Å². The van der Waals surface area contributed by atoms with Crippen LogP contribution in [0.25, 0.3) is 10.9 Å². The predicted octanol–water partition coefficient (Wildman–Crippen LogP) is 1.29. The average molecular weight is 370 g/mol. The SMILES string of the molecule is COC(=O)C1CCN(C(=O)C2CC(Cn3ccc4ccccc43)NN2)CC1. The molecule has 2 N–H and O–H groups in total. The lowest BCUT2D eigenvalue weighted by atomic mass is 9.96. The lowest BCUT2D eigenvalue weighted by molar-refractivity contribution is -0.149. The fourth-order valence-corrected chi connectivity index (χ4v) is 4.16. The van der Waals surface area contributed by atoms with Crippen molar-refractivity contribution in [1.82, 2.24) is 20.3 Å². The summed E-state index contributed by atoms with van der Waals surface area (Å²) < 4.78 is 7.04. The van der Waals surface area contributed by atoms with Gasteiger partial charge in [0.2, 0.25) is 5.91 Å². The molecule has 0 saturated carbocycles. The Morgan fingerprint density at radius 3 is 2.70 bits per heavy atom. The number of para-hydroxylation sites is 1. The molecule has 2 aliphatic rings. The van der Waals surface area contributed by atoms with Gasteiger partial charge in [-0.05, 0) is 36.8 Å². The minimum atomic E-state index is -0.216. The summed E-state index contributed by atoms with van der Waals surface area (Å²) in [6, 6.07) is 10.4. The van der Waals surface area contributed by atoms with Crippen LogP contribution in [0, 0.1) is 5.92 Å². The molecule has 1 aromatic heterocycles. The third kappa shape index (κ3) is 3.70. The number of methoxy groups -OCH3 is 1. The molecule has 0 radical (unpaired) electrons. The van der Waals surface area contributed by atoms with Gasteiger partial charge in [0.05, 0.1) is 13.0 Å². The van der Waals surface area contributed by atoms with E-state index in [4.69, 9.17) is 4.74 Å². The topological polar surface area (TPSA) is 75.6 Å². The van der Waals surface area contributed by atoms with Crippen LogP contribution in [0.4, 0.5) is 0 Å². The van der Waals surface area contributed by atoms with Crippen molar-refractivity contribution in [3.05, 3.63) is 36.5 Å². The number of ether oxygens (including phenoxy) is 1. The summed E-state index contributed by atoms with van der Waals surface area (Å²) in [6.07, 6.45) is 4.20. The molecule has 2 atom stereocenters. The number of hydrazine groups is 1. The van der Waals surface area contributed by atoms with E-state index in [0.29, 0.717) is 25.9 Å². The summed E-state index contributed by atoms with van der Waals surface area (Å²) in [5.41, 5.74) is 7.64. The Morgan fingerprint density at radius 1 is 1.15 bits per heavy atom. The molecule has 0 bridgehead atoms. The number of nitrogens with one attached hydrogen (secondary N) is 2. The standard InChI is InChI=1S/C20H26N4O3/c1-27-20(26)15-7-9-23(10-8-15)19(25)17-12-16(21-22-17)13-24-11-6-14-4-2-3-5-18(14)24/h2-6,11,15-17,21-22H,7-10,12-13H2,1H3. The van der Waals surface area contributed by atoms with E-state index in [1.54, 1.807) is 0 Å². The van der Waals surface area contributed by atoms with Crippen LogP contribution < -0.4 is 10.9 Å². The molecular weight excluding hydrogens is 344 g/mol. The first-order valence-electron chi connectivity index (χ1n) is 9.57. The number of fused-ring (bicyclic) bond motifs is 1. The van der Waals surface area contributed by atoms with E-state index in [2.05, 4.69) is 39.8 Å². The molecule has 7 nitrogen and oxygen atoms in total. The predicted molar refractivity (Wildman–Crippen MR) is 102 cm³/mol. The molecule has 1 amide bonds. The number of rotatable bonds is 4. The smallest absolute Gasteiger partial charge is 0.308 e. The van der Waals surface area contributed by atoms with Crippen molar-refractivity contribution in [3.8, 4) is 0 Å². The second-order valence-corrected chi connectivity index (χ2v) is 7.42. The summed E-state index contributed by atoms with van der Waals surface area (Å²) in [5.74, 6) is -0.129. The Labute approximate surface area is 158 Å². The van der Waals surface area contributed by atoms with Crippen LogP contribution in [0.2, 0.25) is 0 Å². The van der Waals surface area contributed by atoms with E-state index in [1.807, 2.05) is 17.0 Å². The quantitative estimate of drug-likeness (QED) is 0.794. The fourth-order valence-electron chi connectivity index (χ4n) is 4.16. The highest BCUT2D eigenvalue weighted by atomic mass is 16.5. The molecule has 7 heteroatoms. The lowest BCUT2D eigenvalue weighted by Gasteiger charge is -2.32. The number of nitrogens with zero attached hydrogens (tertiary/aromatic N) is 2. The van der Waals surface area contributed by atoms with E-state index in [9.17, 15) is 9.59 Å². The summed E-state index contributed by atoms with van der Waals surface area (Å²) in [5, 5.41) is 1.23. The van der Waals surface area contributed by atoms with Crippen LogP contribution >= 0.6 is 0 Å². The summed E-state index contributed by atoms with van der Waals surface area (Å²) in [4.78, 5) is 26.3. The Balaban J connectivity index is 1.32. The van der Waals surface area contributed by atoms with Crippen LogP contribution in [-0.4, -0.2) is 53.6 Å². The van der Waals surface area contributed by atoms with Gasteiger partial charge in [0.15, 0.2) is 0 Å². The molecule has 3 heterocycles. The second kappa shape index (κ2) is 7.70. The average Bonchev–Trinajstić information content (AvgIpc) is 3.35. The van der Waals surface area contributed by atoms with Gasteiger partial charge >= 0.3 is 5.97 Å². The number of likely N-dealkylation sites (tertiary alicyclic amines) is 1. The van der Waals surface area contributed by atoms with E-state index in [0.717, 1.165) is 13.0 Å². The van der Waals surface area contributed by atoms with E-state index >= 15 is 0 Å². The highest BCUT2D eigenvalue weighted by molar-refractivity contribution is 5.83. The number of amides is 1. The second-order valence-electron chi connectivity index (χ2n) is 7.42. The van der Waals surface area contributed by atoms with Gasteiger partial charge in [-0.1, -0.05) is 18.2 Å². The minimum absolute atomic E-state index is 0.0801. The van der Waals surface area contributed by atoms with Crippen molar-refractivity contribution in [3.63, 3.8) is 0 Å². The van der Waals surface area contributed by atoms with Gasteiger partial charge in [-0.15, -0.1) is 0 Å². The number of aromatic nitrogens is 1. The van der Waals surface area contributed by atoms with Gasteiger partial charge in [-0.25, -0.2) is 5.43 Å². The largest absolute Gasteiger partial charge is 0.469 e. The van der Waals surface area contributed by atoms with Gasteiger partial charge in [0, 0.05) is 37.4 Å². The molecule has 1 aromatic carbocycles. The molecule has 2 saturated heterocycles. The molecule has 144 valence electrons. The number of piperidine rings is 1. The number of benzene rings is 1. The van der Waals surface area contributed by atoms with Crippen molar-refractivity contribution in [1.29, 1.82) is 0 Å². The van der Waals surface area contributed by atoms with Crippen LogP contribution in [0.5, 0.6) is 0 Å². The molecule has 4 rings (SSSR count). The monoisotopic (exact) mass is 370 g/mol. The molecule has 2 aliphatic heterocycles. The zero-order chi connectivity index (χ0) is 18.8. The third-order valence-electron chi connectivity index (χ3n) is 5.72. The van der Waals surface area contributed by atoms with E-state index in [1.165, 1.54) is 18.0 Å². The maximum absolute atomic E-state index is 12.8. The Bertz CT molecular complexity index is 825. The molecule has 0 aliphatic carbocycles. The molecule has 0 spiro atoms. The highest BCUT2D eigenvalue weighted by Crippen LogP contribution is 2.21. The summed E-state index contributed by atoms with van der Waals surface area (Å²) in [6.45, 7) is 2.04. The van der Waals surface area contributed by atoms with E-state index in [-0.39, 0.29) is 29.9 Å². The minimum Gasteiger partial charge on any atom is -0.469 e. The summed E-state index contributed by atoms with van der Waals surface area (Å²) >= 11 is 0. The van der Waals surface area contributed by atoms with Crippen LogP contribution in [-0.2, 0) is 20.9 Å². The van der Waals surface area contributed by atoms with Crippen LogP contribution in [0.15, 0.2) is 36.5 Å².